The fourth-order valence-electron chi connectivity index (χ4n) is 2.55. The summed E-state index contributed by atoms with van der Waals surface area (Å²) in [5, 5.41) is 11.8. The van der Waals surface area contributed by atoms with Crippen LogP contribution in [0.25, 0.3) is 11.3 Å². The molecule has 4 heteroatoms. The van der Waals surface area contributed by atoms with Gasteiger partial charge in [0, 0.05) is 24.9 Å². The number of hydrogen-bond acceptors (Lipinski definition) is 3. The van der Waals surface area contributed by atoms with Gasteiger partial charge in [-0.1, -0.05) is 42.5 Å². The lowest BCUT2D eigenvalue weighted by molar-refractivity contribution is -0.121. The molecule has 3 aromatic rings. The van der Waals surface area contributed by atoms with Crippen LogP contribution < -0.4 is 5.32 Å². The summed E-state index contributed by atoms with van der Waals surface area (Å²) in [6.45, 7) is 0.418. The molecule has 0 atom stereocenters. The monoisotopic (exact) mass is 330 g/mol. The topological polar surface area (TPSA) is 66.0 Å². The first-order valence-electron chi connectivity index (χ1n) is 8.14. The Bertz CT molecular complexity index is 892. The van der Waals surface area contributed by atoms with Crippen molar-refractivity contribution in [3.05, 3.63) is 83.6 Å². The number of carbonyl (C=O) groups is 1. The molecule has 2 aromatic carbocycles. The highest BCUT2D eigenvalue weighted by Crippen LogP contribution is 2.22. The van der Waals surface area contributed by atoms with Crippen molar-refractivity contribution in [2.45, 2.75) is 19.4 Å². The Morgan fingerprint density at radius 1 is 1.04 bits per heavy atom. The molecule has 1 heterocycles. The van der Waals surface area contributed by atoms with Gasteiger partial charge in [0.2, 0.25) is 5.91 Å². The summed E-state index contributed by atoms with van der Waals surface area (Å²) in [5.74, 6) is 1.56. The van der Waals surface area contributed by atoms with Gasteiger partial charge in [-0.3, -0.25) is 4.79 Å². The van der Waals surface area contributed by atoms with Crippen molar-refractivity contribution in [2.75, 3.05) is 0 Å². The van der Waals surface area contributed by atoms with Crippen molar-refractivity contribution in [3.63, 3.8) is 0 Å². The number of furan rings is 1. The van der Waals surface area contributed by atoms with Crippen LogP contribution in [0.4, 0.5) is 0 Å². The summed E-state index contributed by atoms with van der Waals surface area (Å²) in [5.41, 5.74) is 2.53. The third kappa shape index (κ3) is 4.58. The molecule has 0 bridgehead atoms. The third-order valence-electron chi connectivity index (χ3n) is 3.86. The van der Waals surface area contributed by atoms with Gasteiger partial charge in [-0.05, 0) is 29.8 Å². The fraction of sp³-hybridized carbons (Fsp3) is 0.143. The minimum Gasteiger partial charge on any atom is -0.461 e. The molecule has 1 N–H and O–H groups in total. The van der Waals surface area contributed by atoms with Crippen molar-refractivity contribution < 1.29 is 9.21 Å². The van der Waals surface area contributed by atoms with E-state index >= 15 is 0 Å². The van der Waals surface area contributed by atoms with E-state index in [1.54, 1.807) is 12.1 Å². The van der Waals surface area contributed by atoms with Crippen LogP contribution in [0.3, 0.4) is 0 Å². The van der Waals surface area contributed by atoms with Crippen LogP contribution in [-0.4, -0.2) is 5.91 Å². The molecule has 0 aliphatic rings. The standard InChI is InChI=1S/C21H18N2O2/c22-14-16-5-4-6-17(13-16)15-23-21(24)12-10-19-9-11-20(25-19)18-7-2-1-3-8-18/h1-9,11,13H,10,12,15H2,(H,23,24). The summed E-state index contributed by atoms with van der Waals surface area (Å²) in [6, 6.07) is 23.0. The van der Waals surface area contributed by atoms with Gasteiger partial charge in [0.05, 0.1) is 11.6 Å². The smallest absolute Gasteiger partial charge is 0.220 e. The second-order valence-corrected chi connectivity index (χ2v) is 5.72. The van der Waals surface area contributed by atoms with Crippen LogP contribution >= 0.6 is 0 Å². The van der Waals surface area contributed by atoms with E-state index in [4.69, 9.17) is 9.68 Å². The van der Waals surface area contributed by atoms with E-state index in [2.05, 4.69) is 11.4 Å². The fourth-order valence-corrected chi connectivity index (χ4v) is 2.55. The van der Waals surface area contributed by atoms with Crippen molar-refractivity contribution in [1.82, 2.24) is 5.32 Å². The summed E-state index contributed by atoms with van der Waals surface area (Å²) < 4.78 is 5.80. The molecule has 0 unspecified atom stereocenters. The molecule has 4 nitrogen and oxygen atoms in total. The molecule has 0 saturated heterocycles. The predicted octanol–water partition coefficient (Wildman–Crippen LogP) is 4.07. The van der Waals surface area contributed by atoms with E-state index in [0.717, 1.165) is 22.6 Å². The molecular formula is C21H18N2O2. The van der Waals surface area contributed by atoms with E-state index < -0.39 is 0 Å². The first-order chi connectivity index (χ1) is 12.2. The van der Waals surface area contributed by atoms with Gasteiger partial charge in [-0.2, -0.15) is 5.26 Å². The Kier molecular flexibility index (Phi) is 5.28. The highest BCUT2D eigenvalue weighted by atomic mass is 16.3. The first-order valence-corrected chi connectivity index (χ1v) is 8.14. The minimum absolute atomic E-state index is 0.0416. The Hall–Kier alpha value is -3.32. The van der Waals surface area contributed by atoms with Gasteiger partial charge in [-0.15, -0.1) is 0 Å². The highest BCUT2D eigenvalue weighted by Gasteiger charge is 2.07. The molecule has 1 aromatic heterocycles. The second kappa shape index (κ2) is 7.98. The first kappa shape index (κ1) is 16.5. The summed E-state index contributed by atoms with van der Waals surface area (Å²) in [4.78, 5) is 12.0. The van der Waals surface area contributed by atoms with Crippen LogP contribution in [0.5, 0.6) is 0 Å². The minimum atomic E-state index is -0.0416. The highest BCUT2D eigenvalue weighted by molar-refractivity contribution is 5.76. The molecule has 0 radical (unpaired) electrons. The van der Waals surface area contributed by atoms with Crippen LogP contribution in [0, 0.1) is 11.3 Å². The zero-order valence-corrected chi connectivity index (χ0v) is 13.7. The van der Waals surface area contributed by atoms with Crippen molar-refractivity contribution in [3.8, 4) is 17.4 Å². The zero-order chi connectivity index (χ0) is 17.5. The van der Waals surface area contributed by atoms with Gasteiger partial charge in [0.15, 0.2) is 0 Å². The Morgan fingerprint density at radius 2 is 1.88 bits per heavy atom. The number of aryl methyl sites for hydroxylation is 1. The van der Waals surface area contributed by atoms with Crippen LogP contribution in [-0.2, 0) is 17.8 Å². The van der Waals surface area contributed by atoms with E-state index in [1.165, 1.54) is 0 Å². The van der Waals surface area contributed by atoms with Crippen molar-refractivity contribution in [2.24, 2.45) is 0 Å². The molecular weight excluding hydrogens is 312 g/mol. The van der Waals surface area contributed by atoms with Crippen LogP contribution in [0.15, 0.2) is 71.1 Å². The molecule has 3 rings (SSSR count). The quantitative estimate of drug-likeness (QED) is 0.741. The van der Waals surface area contributed by atoms with E-state index in [0.29, 0.717) is 24.9 Å². The second-order valence-electron chi connectivity index (χ2n) is 5.72. The number of nitriles is 1. The summed E-state index contributed by atoms with van der Waals surface area (Å²) in [6.07, 6.45) is 0.913. The molecule has 124 valence electrons. The number of rotatable bonds is 6. The number of carbonyl (C=O) groups excluding carboxylic acids is 1. The molecule has 0 aliphatic carbocycles. The number of nitrogens with one attached hydrogen (secondary N) is 1. The Morgan fingerprint density at radius 3 is 2.68 bits per heavy atom. The molecule has 0 aliphatic heterocycles. The number of nitrogens with zero attached hydrogens (tertiary/aromatic N) is 1. The maximum Gasteiger partial charge on any atom is 0.220 e. The summed E-state index contributed by atoms with van der Waals surface area (Å²) in [7, 11) is 0. The summed E-state index contributed by atoms with van der Waals surface area (Å²) >= 11 is 0. The maximum atomic E-state index is 12.0. The Labute approximate surface area is 146 Å². The molecule has 0 fully saturated rings. The average molecular weight is 330 g/mol. The zero-order valence-electron chi connectivity index (χ0n) is 13.7. The predicted molar refractivity (Wildman–Crippen MR) is 95.5 cm³/mol. The average Bonchev–Trinajstić information content (AvgIpc) is 3.15. The van der Waals surface area contributed by atoms with Gasteiger partial charge in [0.1, 0.15) is 11.5 Å². The van der Waals surface area contributed by atoms with Crippen LogP contribution in [0.2, 0.25) is 0 Å². The molecule has 0 spiro atoms. The number of benzene rings is 2. The molecule has 0 saturated carbocycles. The van der Waals surface area contributed by atoms with Gasteiger partial charge >= 0.3 is 0 Å². The van der Waals surface area contributed by atoms with E-state index in [1.807, 2.05) is 54.6 Å². The van der Waals surface area contributed by atoms with Crippen LogP contribution in [0.1, 0.15) is 23.3 Å². The lowest BCUT2D eigenvalue weighted by Gasteiger charge is -2.05. The van der Waals surface area contributed by atoms with Gasteiger partial charge in [0.25, 0.3) is 0 Å². The third-order valence-corrected chi connectivity index (χ3v) is 3.86. The largest absolute Gasteiger partial charge is 0.461 e. The number of amides is 1. The van der Waals surface area contributed by atoms with Gasteiger partial charge < -0.3 is 9.73 Å². The normalized spacial score (nSPS) is 10.2. The van der Waals surface area contributed by atoms with Crippen molar-refractivity contribution >= 4 is 5.91 Å². The van der Waals surface area contributed by atoms with E-state index in [9.17, 15) is 4.79 Å². The van der Waals surface area contributed by atoms with Crippen molar-refractivity contribution in [1.29, 1.82) is 5.26 Å². The lowest BCUT2D eigenvalue weighted by atomic mass is 10.1. The lowest BCUT2D eigenvalue weighted by Crippen LogP contribution is -2.22. The molecule has 1 amide bonds. The number of hydrogen-bond donors (Lipinski definition) is 1. The van der Waals surface area contributed by atoms with E-state index in [-0.39, 0.29) is 5.91 Å². The van der Waals surface area contributed by atoms with Gasteiger partial charge in [-0.25, -0.2) is 0 Å². The SMILES string of the molecule is N#Cc1cccc(CNC(=O)CCc2ccc(-c3ccccc3)o2)c1. The molecule has 25 heavy (non-hydrogen) atoms. The Balaban J connectivity index is 1.49. The maximum absolute atomic E-state index is 12.0.